The van der Waals surface area contributed by atoms with Crippen molar-refractivity contribution in [2.24, 2.45) is 28.2 Å². The van der Waals surface area contributed by atoms with Gasteiger partial charge in [0.2, 0.25) is 0 Å². The summed E-state index contributed by atoms with van der Waals surface area (Å²) >= 11 is 4.58. The van der Waals surface area contributed by atoms with Crippen LogP contribution in [0.1, 0.15) is 116 Å². The Morgan fingerprint density at radius 3 is 1.25 bits per heavy atom. The zero-order chi connectivity index (χ0) is 78.9. The van der Waals surface area contributed by atoms with Crippen LogP contribution in [0.4, 0.5) is 52.7 Å². The Balaban J connectivity index is 0.000000155. The van der Waals surface area contributed by atoms with Crippen LogP contribution in [0.15, 0.2) is 182 Å². The van der Waals surface area contributed by atoms with Crippen molar-refractivity contribution in [2.75, 3.05) is 19.6 Å². The third-order valence-electron chi connectivity index (χ3n) is 17.2. The first kappa shape index (κ1) is 81.1. The van der Waals surface area contributed by atoms with Gasteiger partial charge in [-0.05, 0) is 141 Å². The van der Waals surface area contributed by atoms with Gasteiger partial charge in [-0.15, -0.1) is 45.3 Å². The molecular weight excluding hydrogens is 1510 g/mol. The highest BCUT2D eigenvalue weighted by atomic mass is 32.1. The topological polar surface area (TPSA) is 161 Å². The number of aryl methyl sites for hydroxylation is 5. The number of carbonyl (C=O) groups excluding carboxylic acids is 4. The molecule has 0 saturated heterocycles. The standard InChI is InChI=1S/C20H20F3N3OS.C19H16F3N3OS.2C19H18F3N3OS/c1-13(2)26(12-14-7-5-4-6-8-14)19(27)17-10-9-16(28-17)15-11-18(20(21,22)23)25(3)24-15;1-24-17(19(20,21)22)10-14(23-24)15-6-7-16(27-15)18(26)25-9-8-12-4-2-3-5-13(12)11-25;1-12-3-5-13(6-4-12)9-10-23-18(26)16-8-7-15(27-16)14-11-17(19(20,21)22)25(2)24-14;1-3-25(12-13-7-5-4-6-8-13)18(26)16-10-9-15(27-16)14-11-17(19(20,21)22)24(2)23-14/h4-11,13H,12H2,1-3H3;2-7,10H,8-9,11H2,1H3;3-8,11H,9-10H2,1-2H3,(H,23,26);4-11H,3,12H2,1-2H3. The minimum atomic E-state index is -4.47. The van der Waals surface area contributed by atoms with Gasteiger partial charge in [0.05, 0.1) is 39.0 Å². The van der Waals surface area contributed by atoms with Gasteiger partial charge in [0.1, 0.15) is 45.6 Å². The Kier molecular flexibility index (Phi) is 25.6. The average molecular weight is 1590 g/mol. The molecule has 0 saturated carbocycles. The average Bonchev–Trinajstić information content (AvgIpc) is 1.71. The third-order valence-corrected chi connectivity index (χ3v) is 21.6. The highest BCUT2D eigenvalue weighted by Gasteiger charge is 2.39. The largest absolute Gasteiger partial charge is 0.433 e. The van der Waals surface area contributed by atoms with E-state index < -0.39 is 47.5 Å². The second kappa shape index (κ2) is 34.4. The number of benzene rings is 4. The fourth-order valence-corrected chi connectivity index (χ4v) is 15.1. The molecule has 1 N–H and O–H groups in total. The summed E-state index contributed by atoms with van der Waals surface area (Å²) in [6.07, 6.45) is -16.4. The van der Waals surface area contributed by atoms with E-state index in [0.717, 1.165) is 106 Å². The van der Waals surface area contributed by atoms with Gasteiger partial charge >= 0.3 is 24.7 Å². The number of fused-ring (bicyclic) bond motifs is 1. The summed E-state index contributed by atoms with van der Waals surface area (Å²) in [4.78, 5) is 60.1. The first-order valence-electron chi connectivity index (χ1n) is 33.8. The van der Waals surface area contributed by atoms with Gasteiger partial charge in [-0.2, -0.15) is 73.1 Å². The van der Waals surface area contributed by atoms with E-state index in [1.54, 1.807) is 63.2 Å². The van der Waals surface area contributed by atoms with Crippen LogP contribution in [-0.2, 0) is 85.4 Å². The summed E-state index contributed by atoms with van der Waals surface area (Å²) in [7, 11) is 5.02. The molecule has 8 aromatic heterocycles. The Morgan fingerprint density at radius 2 is 0.835 bits per heavy atom. The first-order chi connectivity index (χ1) is 51.5. The second-order valence-electron chi connectivity index (χ2n) is 25.4. The highest BCUT2D eigenvalue weighted by molar-refractivity contribution is 7.18. The Hall–Kier alpha value is -10.4. The normalized spacial score (nSPS) is 12.3. The van der Waals surface area contributed by atoms with E-state index in [-0.39, 0.29) is 52.4 Å². The highest BCUT2D eigenvalue weighted by Crippen LogP contribution is 2.40. The molecule has 0 unspecified atom stereocenters. The number of thiophene rings is 4. The van der Waals surface area contributed by atoms with E-state index in [1.165, 1.54) is 50.7 Å². The number of nitrogens with zero attached hydrogens (tertiary/aromatic N) is 11. The van der Waals surface area contributed by atoms with Crippen molar-refractivity contribution in [2.45, 2.75) is 90.9 Å². The van der Waals surface area contributed by atoms with E-state index >= 15 is 0 Å². The lowest BCUT2D eigenvalue weighted by atomic mass is 10.00. The van der Waals surface area contributed by atoms with E-state index in [0.29, 0.717) is 84.7 Å². The zero-order valence-electron chi connectivity index (χ0n) is 59.8. The van der Waals surface area contributed by atoms with Crippen molar-refractivity contribution in [3.05, 3.63) is 258 Å². The van der Waals surface area contributed by atoms with Crippen molar-refractivity contribution in [3.63, 3.8) is 0 Å². The summed E-state index contributed by atoms with van der Waals surface area (Å²) in [6, 6.07) is 52.5. The molecule has 12 aromatic rings. The van der Waals surface area contributed by atoms with Gasteiger partial charge in [-0.25, -0.2) is 0 Å². The molecule has 4 aromatic carbocycles. The van der Waals surface area contributed by atoms with Crippen LogP contribution in [0.5, 0.6) is 0 Å². The Morgan fingerprint density at radius 1 is 0.459 bits per heavy atom. The van der Waals surface area contributed by atoms with Gasteiger partial charge in [0.25, 0.3) is 23.6 Å². The van der Waals surface area contributed by atoms with Crippen LogP contribution >= 0.6 is 45.3 Å². The van der Waals surface area contributed by atoms with E-state index in [2.05, 4.69) is 31.8 Å². The summed E-state index contributed by atoms with van der Waals surface area (Å²) in [6.45, 7) is 10.9. The van der Waals surface area contributed by atoms with Gasteiger partial charge in [0, 0.05) is 73.5 Å². The van der Waals surface area contributed by atoms with Crippen LogP contribution < -0.4 is 5.32 Å². The first-order valence-corrected chi connectivity index (χ1v) is 37.0. The van der Waals surface area contributed by atoms with Crippen molar-refractivity contribution in [1.29, 1.82) is 0 Å². The van der Waals surface area contributed by atoms with Gasteiger partial charge in [-0.1, -0.05) is 115 Å². The molecule has 32 heteroatoms. The monoisotopic (exact) mass is 1580 g/mol. The van der Waals surface area contributed by atoms with Crippen molar-refractivity contribution in [3.8, 4) is 42.3 Å². The second-order valence-corrected chi connectivity index (χ2v) is 29.7. The number of alkyl halides is 12. The Labute approximate surface area is 635 Å². The van der Waals surface area contributed by atoms with E-state index in [9.17, 15) is 71.9 Å². The maximum Gasteiger partial charge on any atom is 0.433 e. The molecule has 0 spiro atoms. The molecule has 4 amide bonds. The molecule has 572 valence electrons. The Bertz CT molecular complexity index is 4990. The number of carbonyl (C=O) groups is 4. The summed E-state index contributed by atoms with van der Waals surface area (Å²) in [5.41, 5.74) is 4.28. The zero-order valence-corrected chi connectivity index (χ0v) is 63.0. The molecule has 0 aliphatic carbocycles. The minimum Gasteiger partial charge on any atom is -0.351 e. The molecular formula is C77H72F12N12O4S4. The number of rotatable bonds is 17. The lowest BCUT2D eigenvalue weighted by Crippen LogP contribution is -2.35. The smallest absolute Gasteiger partial charge is 0.351 e. The minimum absolute atomic E-state index is 0.0232. The van der Waals surface area contributed by atoms with E-state index in [4.69, 9.17) is 0 Å². The molecule has 13 rings (SSSR count). The quantitative estimate of drug-likeness (QED) is 0.0881. The number of nitrogens with one attached hydrogen (secondary N) is 1. The summed E-state index contributed by atoms with van der Waals surface area (Å²) in [5, 5.41) is 18.6. The number of halogens is 12. The molecule has 1 aliphatic rings. The number of aromatic nitrogens is 8. The number of amides is 4. The number of hydrogen-bond donors (Lipinski definition) is 1. The predicted molar refractivity (Wildman–Crippen MR) is 397 cm³/mol. The fourth-order valence-electron chi connectivity index (χ4n) is 11.5. The lowest BCUT2D eigenvalue weighted by molar-refractivity contribution is -0.144. The van der Waals surface area contributed by atoms with Crippen LogP contribution in [0.25, 0.3) is 42.3 Å². The molecule has 109 heavy (non-hydrogen) atoms. The van der Waals surface area contributed by atoms with Crippen molar-refractivity contribution >= 4 is 69.0 Å². The van der Waals surface area contributed by atoms with Crippen LogP contribution in [0.2, 0.25) is 0 Å². The maximum atomic E-state index is 13.0. The van der Waals surface area contributed by atoms with E-state index in [1.807, 2.05) is 131 Å². The van der Waals surface area contributed by atoms with Crippen LogP contribution in [0, 0.1) is 6.92 Å². The molecule has 1 aliphatic heterocycles. The molecule has 9 heterocycles. The van der Waals surface area contributed by atoms with Crippen molar-refractivity contribution in [1.82, 2.24) is 59.1 Å². The number of hydrogen-bond acceptors (Lipinski definition) is 12. The molecule has 16 nitrogen and oxygen atoms in total. The van der Waals surface area contributed by atoms with Gasteiger partial charge in [0.15, 0.2) is 0 Å². The summed E-state index contributed by atoms with van der Waals surface area (Å²) in [5.74, 6) is -0.648. The molecule has 0 bridgehead atoms. The third kappa shape index (κ3) is 20.7. The molecule has 0 atom stereocenters. The lowest BCUT2D eigenvalue weighted by Gasteiger charge is -2.28. The predicted octanol–water partition coefficient (Wildman–Crippen LogP) is 18.9. The maximum absolute atomic E-state index is 13.0. The van der Waals surface area contributed by atoms with Gasteiger partial charge in [-0.3, -0.25) is 37.9 Å². The van der Waals surface area contributed by atoms with Crippen LogP contribution in [0.3, 0.4) is 0 Å². The molecule has 0 radical (unpaired) electrons. The molecule has 0 fully saturated rings. The fraction of sp³-hybridized carbons (Fsp3) is 0.273. The SMILES string of the molecule is CC(C)N(Cc1ccccc1)C(=O)c1ccc(-c2cc(C(F)(F)F)n(C)n2)s1.CCN(Cc1ccccc1)C(=O)c1ccc(-c2cc(C(F)(F)F)n(C)n2)s1.Cc1ccc(CCNC(=O)c2ccc(-c3cc(C(F)(F)F)n(C)n3)s2)cc1.Cn1nc(-c2ccc(C(=O)N3CCc4ccccc4C3)s2)cc1C(F)(F)F. The van der Waals surface area contributed by atoms with Gasteiger partial charge < -0.3 is 20.0 Å². The van der Waals surface area contributed by atoms with Crippen molar-refractivity contribution < 1.29 is 71.9 Å². The van der Waals surface area contributed by atoms with Crippen LogP contribution in [-0.4, -0.2) is 103 Å². The summed E-state index contributed by atoms with van der Waals surface area (Å²) < 4.78 is 159.